The van der Waals surface area contributed by atoms with Crippen LogP contribution in [0, 0.1) is 0 Å². The molecule has 90 valence electrons. The van der Waals surface area contributed by atoms with Crippen molar-refractivity contribution in [1.29, 1.82) is 0 Å². The fourth-order valence-corrected chi connectivity index (χ4v) is 1.76. The standard InChI is InChI=1S/C11H18N2O3/c1-7(13)10(15)11(16)6-8(4-5-12)2-3-9(11)14/h2-3,7,14,16H,4-6,12-13H2,1H3/t7-,11?/m0/s1. The molecule has 0 aromatic rings. The molecule has 0 heterocycles. The summed E-state index contributed by atoms with van der Waals surface area (Å²) < 4.78 is 0. The van der Waals surface area contributed by atoms with E-state index in [4.69, 9.17) is 11.5 Å². The van der Waals surface area contributed by atoms with E-state index in [2.05, 4.69) is 0 Å². The Morgan fingerprint density at radius 1 is 1.62 bits per heavy atom. The average molecular weight is 226 g/mol. The maximum absolute atomic E-state index is 11.7. The van der Waals surface area contributed by atoms with E-state index in [1.54, 1.807) is 6.08 Å². The zero-order chi connectivity index (χ0) is 12.3. The number of allylic oxidation sites excluding steroid dienone is 2. The first-order chi connectivity index (χ1) is 7.41. The number of rotatable bonds is 4. The third kappa shape index (κ3) is 2.32. The first-order valence-electron chi connectivity index (χ1n) is 5.23. The van der Waals surface area contributed by atoms with Gasteiger partial charge in [0.15, 0.2) is 11.4 Å². The highest BCUT2D eigenvalue weighted by atomic mass is 16.3. The van der Waals surface area contributed by atoms with Crippen molar-refractivity contribution in [3.05, 3.63) is 23.5 Å². The number of carbonyl (C=O) groups is 1. The Bertz CT molecular complexity index is 347. The van der Waals surface area contributed by atoms with Crippen LogP contribution in [-0.4, -0.2) is 34.2 Å². The van der Waals surface area contributed by atoms with Crippen LogP contribution in [0.25, 0.3) is 0 Å². The molecule has 6 N–H and O–H groups in total. The largest absolute Gasteiger partial charge is 0.509 e. The lowest BCUT2D eigenvalue weighted by atomic mass is 9.81. The van der Waals surface area contributed by atoms with Gasteiger partial charge in [-0.2, -0.15) is 0 Å². The van der Waals surface area contributed by atoms with Gasteiger partial charge < -0.3 is 21.7 Å². The summed E-state index contributed by atoms with van der Waals surface area (Å²) in [6.07, 6.45) is 3.64. The van der Waals surface area contributed by atoms with E-state index in [1.807, 2.05) is 0 Å². The monoisotopic (exact) mass is 226 g/mol. The summed E-state index contributed by atoms with van der Waals surface area (Å²) in [5, 5.41) is 19.7. The van der Waals surface area contributed by atoms with Gasteiger partial charge in [-0.15, -0.1) is 0 Å². The van der Waals surface area contributed by atoms with Crippen LogP contribution in [0.2, 0.25) is 0 Å². The molecule has 0 radical (unpaired) electrons. The number of Topliss-reactive ketones (excluding diaryl/α,β-unsaturated/α-hetero) is 1. The van der Waals surface area contributed by atoms with Gasteiger partial charge in [0.2, 0.25) is 0 Å². The fourth-order valence-electron chi connectivity index (χ4n) is 1.76. The molecule has 5 nitrogen and oxygen atoms in total. The van der Waals surface area contributed by atoms with Crippen molar-refractivity contribution in [3.63, 3.8) is 0 Å². The minimum Gasteiger partial charge on any atom is -0.509 e. The maximum Gasteiger partial charge on any atom is 0.188 e. The van der Waals surface area contributed by atoms with Crippen molar-refractivity contribution in [3.8, 4) is 0 Å². The normalized spacial score (nSPS) is 27.0. The molecule has 5 heteroatoms. The predicted octanol–water partition coefficient (Wildman–Crippen LogP) is -0.245. The molecular weight excluding hydrogens is 208 g/mol. The number of aliphatic hydroxyl groups is 2. The van der Waals surface area contributed by atoms with E-state index in [9.17, 15) is 15.0 Å². The first kappa shape index (κ1) is 12.9. The summed E-state index contributed by atoms with van der Waals surface area (Å²) in [5.74, 6) is -0.931. The Kier molecular flexibility index (Phi) is 3.85. The third-order valence-electron chi connectivity index (χ3n) is 2.67. The van der Waals surface area contributed by atoms with Crippen molar-refractivity contribution < 1.29 is 15.0 Å². The van der Waals surface area contributed by atoms with Crippen molar-refractivity contribution in [2.45, 2.75) is 31.4 Å². The maximum atomic E-state index is 11.7. The molecule has 0 fully saturated rings. The predicted molar refractivity (Wildman–Crippen MR) is 60.7 cm³/mol. The molecule has 1 unspecified atom stereocenters. The van der Waals surface area contributed by atoms with Crippen LogP contribution in [-0.2, 0) is 4.79 Å². The van der Waals surface area contributed by atoms with Gasteiger partial charge in [-0.25, -0.2) is 0 Å². The second-order valence-electron chi connectivity index (χ2n) is 4.11. The van der Waals surface area contributed by atoms with Crippen LogP contribution in [0.3, 0.4) is 0 Å². The van der Waals surface area contributed by atoms with E-state index in [0.717, 1.165) is 5.57 Å². The van der Waals surface area contributed by atoms with E-state index in [-0.39, 0.29) is 12.2 Å². The number of carbonyl (C=O) groups excluding carboxylic acids is 1. The van der Waals surface area contributed by atoms with E-state index < -0.39 is 17.4 Å². The lowest BCUT2D eigenvalue weighted by Crippen LogP contribution is -2.49. The quantitative estimate of drug-likeness (QED) is 0.528. The van der Waals surface area contributed by atoms with E-state index >= 15 is 0 Å². The first-order valence-corrected chi connectivity index (χ1v) is 5.23. The van der Waals surface area contributed by atoms with Gasteiger partial charge >= 0.3 is 0 Å². The third-order valence-corrected chi connectivity index (χ3v) is 2.67. The Morgan fingerprint density at radius 2 is 2.25 bits per heavy atom. The molecule has 1 aliphatic rings. The van der Waals surface area contributed by atoms with Gasteiger partial charge in [0, 0.05) is 6.42 Å². The topological polar surface area (TPSA) is 110 Å². The fraction of sp³-hybridized carbons (Fsp3) is 0.545. The summed E-state index contributed by atoms with van der Waals surface area (Å²) in [5.41, 5.74) is 9.79. The highest BCUT2D eigenvalue weighted by Gasteiger charge is 2.43. The molecular formula is C11H18N2O3. The Hall–Kier alpha value is -1.17. The molecule has 0 saturated carbocycles. The number of ketones is 1. The SMILES string of the molecule is C[C@H](N)C(=O)C1(O)CC(CCN)=CC=C1O. The van der Waals surface area contributed by atoms with Crippen LogP contribution in [0.15, 0.2) is 23.5 Å². The number of hydrogen-bond acceptors (Lipinski definition) is 5. The lowest BCUT2D eigenvalue weighted by Gasteiger charge is -2.30. The average Bonchev–Trinajstić information content (AvgIpc) is 2.23. The van der Waals surface area contributed by atoms with E-state index in [1.165, 1.54) is 13.0 Å². The van der Waals surface area contributed by atoms with Gasteiger partial charge in [-0.3, -0.25) is 4.79 Å². The second-order valence-corrected chi connectivity index (χ2v) is 4.11. The van der Waals surface area contributed by atoms with Gasteiger partial charge in [-0.05, 0) is 26.0 Å². The smallest absolute Gasteiger partial charge is 0.188 e. The molecule has 0 spiro atoms. The zero-order valence-corrected chi connectivity index (χ0v) is 9.31. The van der Waals surface area contributed by atoms with Crippen LogP contribution in [0.4, 0.5) is 0 Å². The van der Waals surface area contributed by atoms with Gasteiger partial charge in [0.05, 0.1) is 6.04 Å². The number of hydrogen-bond donors (Lipinski definition) is 4. The summed E-state index contributed by atoms with van der Waals surface area (Å²) in [7, 11) is 0. The molecule has 1 aliphatic carbocycles. The van der Waals surface area contributed by atoms with E-state index in [0.29, 0.717) is 13.0 Å². The van der Waals surface area contributed by atoms with Crippen LogP contribution in [0.5, 0.6) is 0 Å². The van der Waals surface area contributed by atoms with Crippen LogP contribution < -0.4 is 11.5 Å². The molecule has 0 amide bonds. The van der Waals surface area contributed by atoms with Crippen molar-refractivity contribution >= 4 is 5.78 Å². The van der Waals surface area contributed by atoms with Gasteiger partial charge in [0.1, 0.15) is 5.76 Å². The summed E-state index contributed by atoms with van der Waals surface area (Å²) in [4.78, 5) is 11.7. The van der Waals surface area contributed by atoms with Crippen molar-refractivity contribution in [1.82, 2.24) is 0 Å². The van der Waals surface area contributed by atoms with Crippen LogP contribution >= 0.6 is 0 Å². The Labute approximate surface area is 94.4 Å². The lowest BCUT2D eigenvalue weighted by molar-refractivity contribution is -0.137. The molecule has 2 atom stereocenters. The number of nitrogens with two attached hydrogens (primary N) is 2. The molecule has 0 aromatic carbocycles. The Morgan fingerprint density at radius 3 is 2.75 bits per heavy atom. The summed E-state index contributed by atoms with van der Waals surface area (Å²) in [6.45, 7) is 1.91. The molecule has 16 heavy (non-hydrogen) atoms. The summed E-state index contributed by atoms with van der Waals surface area (Å²) >= 11 is 0. The zero-order valence-electron chi connectivity index (χ0n) is 9.31. The van der Waals surface area contributed by atoms with Gasteiger partial charge in [-0.1, -0.05) is 11.6 Å². The van der Waals surface area contributed by atoms with Crippen molar-refractivity contribution in [2.75, 3.05) is 6.54 Å². The number of aliphatic hydroxyl groups excluding tert-OH is 1. The molecule has 0 aliphatic heterocycles. The highest BCUT2D eigenvalue weighted by Crippen LogP contribution is 2.30. The molecule has 0 bridgehead atoms. The van der Waals surface area contributed by atoms with Crippen LogP contribution in [0.1, 0.15) is 19.8 Å². The molecule has 0 aromatic heterocycles. The molecule has 1 rings (SSSR count). The second kappa shape index (κ2) is 4.78. The summed E-state index contributed by atoms with van der Waals surface area (Å²) in [6, 6.07) is -0.822. The van der Waals surface area contributed by atoms with Gasteiger partial charge in [0.25, 0.3) is 0 Å². The highest BCUT2D eigenvalue weighted by molar-refractivity contribution is 5.94. The van der Waals surface area contributed by atoms with Crippen molar-refractivity contribution in [2.24, 2.45) is 11.5 Å². The minimum absolute atomic E-state index is 0.0624. The Balaban J connectivity index is 2.95. The minimum atomic E-state index is -1.88. The molecule has 0 saturated heterocycles.